The van der Waals surface area contributed by atoms with Crippen LogP contribution in [0.3, 0.4) is 0 Å². The van der Waals surface area contributed by atoms with Gasteiger partial charge in [0, 0.05) is 12.6 Å². The maximum atomic E-state index is 5.78. The van der Waals surface area contributed by atoms with Crippen molar-refractivity contribution in [2.45, 2.75) is 19.4 Å². The fraction of sp³-hybridized carbons (Fsp3) is 0.556. The molecule has 1 aromatic heterocycles. The van der Waals surface area contributed by atoms with E-state index in [0.29, 0.717) is 6.61 Å². The minimum Gasteiger partial charge on any atom is -0.472 e. The van der Waals surface area contributed by atoms with Crippen LogP contribution in [0.2, 0.25) is 0 Å². The number of nitrogens with two attached hydrogens (primary N) is 1. The van der Waals surface area contributed by atoms with E-state index in [-0.39, 0.29) is 6.04 Å². The van der Waals surface area contributed by atoms with Crippen LogP contribution in [0.5, 0.6) is 0 Å². The van der Waals surface area contributed by atoms with Gasteiger partial charge in [0.25, 0.3) is 0 Å². The average molecular weight is 169 g/mol. The molecule has 2 N–H and O–H groups in total. The number of hydrogen-bond donors (Lipinski definition) is 1. The van der Waals surface area contributed by atoms with Crippen LogP contribution >= 0.6 is 0 Å². The Morgan fingerprint density at radius 3 is 3.08 bits per heavy atom. The highest BCUT2D eigenvalue weighted by Crippen LogP contribution is 2.02. The molecule has 0 radical (unpaired) electrons. The Morgan fingerprint density at radius 2 is 2.50 bits per heavy atom. The summed E-state index contributed by atoms with van der Waals surface area (Å²) in [5.41, 5.74) is 6.91. The standard InChI is InChI=1S/C9H15NO2/c1-2-11-7-9(10)5-8-3-4-12-6-8/h3-4,6,9H,2,5,7,10H2,1H3. The molecule has 0 aliphatic heterocycles. The number of furan rings is 1. The molecule has 0 fully saturated rings. The van der Waals surface area contributed by atoms with E-state index in [1.54, 1.807) is 12.5 Å². The first-order chi connectivity index (χ1) is 5.83. The molecule has 0 saturated heterocycles. The van der Waals surface area contributed by atoms with Crippen molar-refractivity contribution < 1.29 is 9.15 Å². The molecular formula is C9H15NO2. The van der Waals surface area contributed by atoms with Gasteiger partial charge in [0.1, 0.15) is 0 Å². The normalized spacial score (nSPS) is 13.2. The van der Waals surface area contributed by atoms with E-state index >= 15 is 0 Å². The number of ether oxygens (including phenoxy) is 1. The van der Waals surface area contributed by atoms with Crippen molar-refractivity contribution in [1.29, 1.82) is 0 Å². The highest BCUT2D eigenvalue weighted by Gasteiger charge is 2.04. The zero-order chi connectivity index (χ0) is 8.81. The fourth-order valence-electron chi connectivity index (χ4n) is 1.04. The maximum Gasteiger partial charge on any atom is 0.0935 e. The molecule has 3 heteroatoms. The summed E-state index contributed by atoms with van der Waals surface area (Å²) in [6.45, 7) is 3.30. The molecule has 0 spiro atoms. The first-order valence-electron chi connectivity index (χ1n) is 4.17. The van der Waals surface area contributed by atoms with Gasteiger partial charge in [0.2, 0.25) is 0 Å². The van der Waals surface area contributed by atoms with Crippen LogP contribution in [0.25, 0.3) is 0 Å². The van der Waals surface area contributed by atoms with Gasteiger partial charge in [-0.3, -0.25) is 0 Å². The monoisotopic (exact) mass is 169 g/mol. The largest absolute Gasteiger partial charge is 0.472 e. The lowest BCUT2D eigenvalue weighted by molar-refractivity contribution is 0.133. The van der Waals surface area contributed by atoms with Crippen LogP contribution in [0.15, 0.2) is 23.0 Å². The van der Waals surface area contributed by atoms with Crippen molar-refractivity contribution in [3.05, 3.63) is 24.2 Å². The molecule has 1 unspecified atom stereocenters. The van der Waals surface area contributed by atoms with Gasteiger partial charge in [0.15, 0.2) is 0 Å². The van der Waals surface area contributed by atoms with Crippen LogP contribution in [-0.4, -0.2) is 19.3 Å². The van der Waals surface area contributed by atoms with Gasteiger partial charge < -0.3 is 14.9 Å². The Morgan fingerprint density at radius 1 is 1.67 bits per heavy atom. The lowest BCUT2D eigenvalue weighted by Crippen LogP contribution is -2.28. The number of hydrogen-bond acceptors (Lipinski definition) is 3. The van der Waals surface area contributed by atoms with E-state index in [0.717, 1.165) is 18.6 Å². The van der Waals surface area contributed by atoms with Gasteiger partial charge in [-0.15, -0.1) is 0 Å². The van der Waals surface area contributed by atoms with Gasteiger partial charge in [-0.25, -0.2) is 0 Å². The minimum absolute atomic E-state index is 0.0718. The van der Waals surface area contributed by atoms with E-state index in [1.807, 2.05) is 13.0 Å². The first-order valence-corrected chi connectivity index (χ1v) is 4.17. The Labute approximate surface area is 72.5 Å². The molecular weight excluding hydrogens is 154 g/mol. The first kappa shape index (κ1) is 9.29. The molecule has 1 rings (SSSR count). The average Bonchev–Trinajstić information content (AvgIpc) is 2.53. The molecule has 3 nitrogen and oxygen atoms in total. The summed E-state index contributed by atoms with van der Waals surface area (Å²) >= 11 is 0. The molecule has 0 bridgehead atoms. The summed E-state index contributed by atoms with van der Waals surface area (Å²) in [5.74, 6) is 0. The van der Waals surface area contributed by atoms with Gasteiger partial charge in [-0.1, -0.05) is 0 Å². The second-order valence-corrected chi connectivity index (χ2v) is 2.76. The van der Waals surface area contributed by atoms with Crippen molar-refractivity contribution in [1.82, 2.24) is 0 Å². The van der Waals surface area contributed by atoms with Crippen molar-refractivity contribution >= 4 is 0 Å². The zero-order valence-corrected chi connectivity index (χ0v) is 7.32. The van der Waals surface area contributed by atoms with Crippen LogP contribution in [0.1, 0.15) is 12.5 Å². The predicted molar refractivity (Wildman–Crippen MR) is 46.9 cm³/mol. The molecule has 0 aromatic carbocycles. The summed E-state index contributed by atoms with van der Waals surface area (Å²) < 4.78 is 10.1. The molecule has 0 amide bonds. The van der Waals surface area contributed by atoms with E-state index in [1.165, 1.54) is 0 Å². The van der Waals surface area contributed by atoms with Gasteiger partial charge in [-0.05, 0) is 25.0 Å². The third-order valence-electron chi connectivity index (χ3n) is 1.61. The molecule has 1 aromatic rings. The molecule has 0 aliphatic rings. The third kappa shape index (κ3) is 3.07. The van der Waals surface area contributed by atoms with Crippen molar-refractivity contribution in [3.63, 3.8) is 0 Å². The lowest BCUT2D eigenvalue weighted by atomic mass is 10.1. The van der Waals surface area contributed by atoms with E-state index in [9.17, 15) is 0 Å². The molecule has 68 valence electrons. The summed E-state index contributed by atoms with van der Waals surface area (Å²) in [7, 11) is 0. The van der Waals surface area contributed by atoms with Crippen LogP contribution < -0.4 is 5.73 Å². The Bertz CT molecular complexity index is 196. The highest BCUT2D eigenvalue weighted by molar-refractivity contribution is 5.06. The zero-order valence-electron chi connectivity index (χ0n) is 7.32. The van der Waals surface area contributed by atoms with Gasteiger partial charge in [-0.2, -0.15) is 0 Å². The molecule has 0 saturated carbocycles. The van der Waals surface area contributed by atoms with Crippen molar-refractivity contribution in [2.24, 2.45) is 5.73 Å². The topological polar surface area (TPSA) is 48.4 Å². The van der Waals surface area contributed by atoms with Gasteiger partial charge >= 0.3 is 0 Å². The Balaban J connectivity index is 2.22. The summed E-state index contributed by atoms with van der Waals surface area (Å²) in [6.07, 6.45) is 4.19. The fourth-order valence-corrected chi connectivity index (χ4v) is 1.04. The minimum atomic E-state index is 0.0718. The third-order valence-corrected chi connectivity index (χ3v) is 1.61. The SMILES string of the molecule is CCOCC(N)Cc1ccoc1. The van der Waals surface area contributed by atoms with E-state index in [4.69, 9.17) is 14.9 Å². The maximum absolute atomic E-state index is 5.78. The van der Waals surface area contributed by atoms with E-state index < -0.39 is 0 Å². The van der Waals surface area contributed by atoms with Crippen LogP contribution in [0, 0.1) is 0 Å². The second-order valence-electron chi connectivity index (χ2n) is 2.76. The second kappa shape index (κ2) is 4.95. The quantitative estimate of drug-likeness (QED) is 0.720. The highest BCUT2D eigenvalue weighted by atomic mass is 16.5. The Kier molecular flexibility index (Phi) is 3.84. The van der Waals surface area contributed by atoms with E-state index in [2.05, 4.69) is 0 Å². The van der Waals surface area contributed by atoms with Crippen molar-refractivity contribution in [2.75, 3.05) is 13.2 Å². The Hall–Kier alpha value is -0.800. The van der Waals surface area contributed by atoms with Crippen LogP contribution in [-0.2, 0) is 11.2 Å². The summed E-state index contributed by atoms with van der Waals surface area (Å²) in [6, 6.07) is 1.99. The van der Waals surface area contributed by atoms with Crippen molar-refractivity contribution in [3.8, 4) is 0 Å². The number of rotatable bonds is 5. The van der Waals surface area contributed by atoms with Gasteiger partial charge in [0.05, 0.1) is 19.1 Å². The molecule has 12 heavy (non-hydrogen) atoms. The lowest BCUT2D eigenvalue weighted by Gasteiger charge is -2.09. The smallest absolute Gasteiger partial charge is 0.0935 e. The summed E-state index contributed by atoms with van der Waals surface area (Å²) in [4.78, 5) is 0. The molecule has 0 aliphatic carbocycles. The molecule has 1 heterocycles. The van der Waals surface area contributed by atoms with Crippen LogP contribution in [0.4, 0.5) is 0 Å². The summed E-state index contributed by atoms with van der Waals surface area (Å²) in [5, 5.41) is 0. The molecule has 1 atom stereocenters. The predicted octanol–water partition coefficient (Wildman–Crippen LogP) is 1.19.